The fourth-order valence-corrected chi connectivity index (χ4v) is 2.20. The molecule has 1 aromatic rings. The minimum Gasteiger partial charge on any atom is -0.338 e. The molecule has 0 aliphatic rings. The second-order valence-electron chi connectivity index (χ2n) is 7.52. The Morgan fingerprint density at radius 2 is 1.62 bits per heavy atom. The van der Waals surface area contributed by atoms with Crippen LogP contribution in [0.5, 0.6) is 0 Å². The Hall–Kier alpha value is -1.35. The predicted molar refractivity (Wildman–Crippen MR) is 89.6 cm³/mol. The Bertz CT molecular complexity index is 469. The number of amides is 1. The summed E-state index contributed by atoms with van der Waals surface area (Å²) in [5.74, 6) is 0.0829. The van der Waals surface area contributed by atoms with Crippen LogP contribution in [0.15, 0.2) is 24.3 Å². The average Bonchev–Trinajstić information content (AvgIpc) is 2.43. The minimum atomic E-state index is -0.0585. The number of rotatable bonds is 5. The second-order valence-corrected chi connectivity index (χ2v) is 7.52. The molecule has 0 heterocycles. The topological polar surface area (TPSA) is 46.3 Å². The molecule has 0 bridgehead atoms. The zero-order chi connectivity index (χ0) is 16.3. The van der Waals surface area contributed by atoms with Crippen LogP contribution in [0.25, 0.3) is 0 Å². The van der Waals surface area contributed by atoms with Crippen LogP contribution in [0.1, 0.15) is 57.5 Å². The van der Waals surface area contributed by atoms with Gasteiger partial charge in [-0.15, -0.1) is 0 Å². The van der Waals surface area contributed by atoms with Gasteiger partial charge in [0.1, 0.15) is 0 Å². The molecule has 0 radical (unpaired) electrons. The highest BCUT2D eigenvalue weighted by atomic mass is 16.2. The van der Waals surface area contributed by atoms with Crippen molar-refractivity contribution < 1.29 is 4.79 Å². The molecule has 118 valence electrons. The fraction of sp³-hybridized carbons (Fsp3) is 0.611. The standard InChI is InChI=1S/C18H30N2O/c1-7-20(13-18(5,6)12-19)16(21)14-8-10-15(11-9-14)17(2,3)4/h8-11H,7,12-13,19H2,1-6H3. The molecule has 0 aliphatic heterocycles. The molecule has 0 aromatic heterocycles. The van der Waals surface area contributed by atoms with Crippen LogP contribution in [0, 0.1) is 5.41 Å². The average molecular weight is 290 g/mol. The van der Waals surface area contributed by atoms with Crippen molar-refractivity contribution in [3.05, 3.63) is 35.4 Å². The lowest BCUT2D eigenvalue weighted by Crippen LogP contribution is -2.42. The quantitative estimate of drug-likeness (QED) is 0.903. The van der Waals surface area contributed by atoms with Crippen molar-refractivity contribution in [1.82, 2.24) is 4.90 Å². The van der Waals surface area contributed by atoms with Gasteiger partial charge in [0.25, 0.3) is 5.91 Å². The molecule has 0 aliphatic carbocycles. The molecule has 3 heteroatoms. The molecule has 1 aromatic carbocycles. The summed E-state index contributed by atoms with van der Waals surface area (Å²) >= 11 is 0. The number of hydrogen-bond donors (Lipinski definition) is 1. The monoisotopic (exact) mass is 290 g/mol. The molecule has 0 spiro atoms. The van der Waals surface area contributed by atoms with Crippen molar-refractivity contribution in [1.29, 1.82) is 0 Å². The molecule has 2 N–H and O–H groups in total. The summed E-state index contributed by atoms with van der Waals surface area (Å²) in [7, 11) is 0. The van der Waals surface area contributed by atoms with Gasteiger partial charge in [0.05, 0.1) is 0 Å². The number of benzene rings is 1. The Kier molecular flexibility index (Phi) is 5.57. The van der Waals surface area contributed by atoms with Gasteiger partial charge in [-0.05, 0) is 42.0 Å². The molecule has 0 saturated carbocycles. The summed E-state index contributed by atoms with van der Waals surface area (Å²) in [6.07, 6.45) is 0. The van der Waals surface area contributed by atoms with Crippen molar-refractivity contribution in [3.8, 4) is 0 Å². The van der Waals surface area contributed by atoms with Gasteiger partial charge in [-0.25, -0.2) is 0 Å². The molecule has 21 heavy (non-hydrogen) atoms. The van der Waals surface area contributed by atoms with E-state index in [0.717, 1.165) is 5.56 Å². The Morgan fingerprint density at radius 1 is 1.10 bits per heavy atom. The molecule has 0 saturated heterocycles. The third-order valence-electron chi connectivity index (χ3n) is 3.84. The van der Waals surface area contributed by atoms with E-state index in [1.807, 2.05) is 24.0 Å². The third kappa shape index (κ3) is 4.85. The number of nitrogens with zero attached hydrogens (tertiary/aromatic N) is 1. The SMILES string of the molecule is CCN(CC(C)(C)CN)C(=O)c1ccc(C(C)(C)C)cc1. The number of carbonyl (C=O) groups is 1. The van der Waals surface area contributed by atoms with Gasteiger partial charge in [0.2, 0.25) is 0 Å². The number of nitrogens with two attached hydrogens (primary N) is 1. The highest BCUT2D eigenvalue weighted by Crippen LogP contribution is 2.23. The second kappa shape index (κ2) is 6.61. The van der Waals surface area contributed by atoms with Crippen LogP contribution >= 0.6 is 0 Å². The summed E-state index contributed by atoms with van der Waals surface area (Å²) in [6.45, 7) is 14.7. The van der Waals surface area contributed by atoms with Gasteiger partial charge < -0.3 is 10.6 Å². The first-order valence-electron chi connectivity index (χ1n) is 7.70. The predicted octanol–water partition coefficient (Wildman–Crippen LogP) is 3.43. The highest BCUT2D eigenvalue weighted by Gasteiger charge is 2.24. The van der Waals surface area contributed by atoms with Crippen molar-refractivity contribution in [2.45, 2.75) is 47.0 Å². The van der Waals surface area contributed by atoms with E-state index in [1.54, 1.807) is 0 Å². The molecule has 1 amide bonds. The Morgan fingerprint density at radius 3 is 2.00 bits per heavy atom. The van der Waals surface area contributed by atoms with E-state index in [0.29, 0.717) is 19.6 Å². The van der Waals surface area contributed by atoms with Gasteiger partial charge in [0, 0.05) is 18.7 Å². The van der Waals surface area contributed by atoms with E-state index in [4.69, 9.17) is 5.73 Å². The van der Waals surface area contributed by atoms with Crippen LogP contribution in [0.3, 0.4) is 0 Å². The van der Waals surface area contributed by atoms with E-state index in [9.17, 15) is 4.79 Å². The van der Waals surface area contributed by atoms with E-state index in [1.165, 1.54) is 5.56 Å². The van der Waals surface area contributed by atoms with Gasteiger partial charge in [-0.3, -0.25) is 4.79 Å². The lowest BCUT2D eigenvalue weighted by Gasteiger charge is -2.31. The molecule has 1 rings (SSSR count). The lowest BCUT2D eigenvalue weighted by atomic mass is 9.86. The van der Waals surface area contributed by atoms with Crippen LogP contribution in [0.4, 0.5) is 0 Å². The maximum atomic E-state index is 12.6. The molecular formula is C18H30N2O. The summed E-state index contributed by atoms with van der Waals surface area (Å²) in [5, 5.41) is 0. The number of hydrogen-bond acceptors (Lipinski definition) is 2. The van der Waals surface area contributed by atoms with E-state index < -0.39 is 0 Å². The Labute approximate surface area is 129 Å². The molecule has 0 unspecified atom stereocenters. The summed E-state index contributed by atoms with van der Waals surface area (Å²) in [5.41, 5.74) is 7.81. The summed E-state index contributed by atoms with van der Waals surface area (Å²) < 4.78 is 0. The summed E-state index contributed by atoms with van der Waals surface area (Å²) in [4.78, 5) is 14.5. The van der Waals surface area contributed by atoms with Crippen molar-refractivity contribution in [2.75, 3.05) is 19.6 Å². The fourth-order valence-electron chi connectivity index (χ4n) is 2.20. The first-order chi connectivity index (χ1) is 9.60. The van der Waals surface area contributed by atoms with Crippen molar-refractivity contribution >= 4 is 5.91 Å². The van der Waals surface area contributed by atoms with Crippen LogP contribution in [-0.4, -0.2) is 30.4 Å². The minimum absolute atomic E-state index is 0.0585. The first kappa shape index (κ1) is 17.7. The highest BCUT2D eigenvalue weighted by molar-refractivity contribution is 5.94. The normalized spacial score (nSPS) is 12.3. The largest absolute Gasteiger partial charge is 0.338 e. The molecular weight excluding hydrogens is 260 g/mol. The first-order valence-corrected chi connectivity index (χ1v) is 7.70. The van der Waals surface area contributed by atoms with Crippen molar-refractivity contribution in [2.24, 2.45) is 11.1 Å². The van der Waals surface area contributed by atoms with E-state index in [2.05, 4.69) is 46.8 Å². The van der Waals surface area contributed by atoms with Crippen LogP contribution in [0.2, 0.25) is 0 Å². The molecule has 0 atom stereocenters. The smallest absolute Gasteiger partial charge is 0.253 e. The van der Waals surface area contributed by atoms with Gasteiger partial charge in [-0.2, -0.15) is 0 Å². The van der Waals surface area contributed by atoms with Crippen LogP contribution < -0.4 is 5.73 Å². The van der Waals surface area contributed by atoms with Gasteiger partial charge in [-0.1, -0.05) is 46.8 Å². The lowest BCUT2D eigenvalue weighted by molar-refractivity contribution is 0.0701. The number of carbonyl (C=O) groups excluding carboxylic acids is 1. The van der Waals surface area contributed by atoms with Crippen LogP contribution in [-0.2, 0) is 5.41 Å². The zero-order valence-electron chi connectivity index (χ0n) is 14.4. The third-order valence-corrected chi connectivity index (χ3v) is 3.84. The van der Waals surface area contributed by atoms with E-state index >= 15 is 0 Å². The Balaban J connectivity index is 2.91. The van der Waals surface area contributed by atoms with Gasteiger partial charge in [0.15, 0.2) is 0 Å². The van der Waals surface area contributed by atoms with Crippen molar-refractivity contribution in [3.63, 3.8) is 0 Å². The van der Waals surface area contributed by atoms with Gasteiger partial charge >= 0.3 is 0 Å². The maximum Gasteiger partial charge on any atom is 0.253 e. The summed E-state index contributed by atoms with van der Waals surface area (Å²) in [6, 6.07) is 7.96. The molecule has 3 nitrogen and oxygen atoms in total. The van der Waals surface area contributed by atoms with E-state index in [-0.39, 0.29) is 16.7 Å². The zero-order valence-corrected chi connectivity index (χ0v) is 14.4. The maximum absolute atomic E-state index is 12.6. The molecule has 0 fully saturated rings.